The largest absolute Gasteiger partial charge is 0.508 e. The van der Waals surface area contributed by atoms with Gasteiger partial charge in [-0.25, -0.2) is 0 Å². The number of fused-ring (bicyclic) bond motifs is 2. The number of H-pyrrole nitrogens is 1. The molecule has 1 heterocycles. The van der Waals surface area contributed by atoms with Gasteiger partial charge >= 0.3 is 0 Å². The Kier molecular flexibility index (Phi) is 5.31. The van der Waals surface area contributed by atoms with Crippen LogP contribution in [0, 0.1) is 13.8 Å². The first-order chi connectivity index (χ1) is 12.8. The van der Waals surface area contributed by atoms with Gasteiger partial charge in [-0.3, -0.25) is 4.79 Å². The van der Waals surface area contributed by atoms with Crippen molar-refractivity contribution in [2.45, 2.75) is 13.8 Å². The summed E-state index contributed by atoms with van der Waals surface area (Å²) in [6.07, 6.45) is 0. The van der Waals surface area contributed by atoms with E-state index in [2.05, 4.69) is 4.98 Å². The van der Waals surface area contributed by atoms with E-state index in [1.54, 1.807) is 18.2 Å². The van der Waals surface area contributed by atoms with Crippen LogP contribution in [-0.4, -0.2) is 10.1 Å². The number of aromatic hydroxyl groups is 1. The maximum absolute atomic E-state index is 11.1. The fourth-order valence-corrected chi connectivity index (χ4v) is 3.35. The van der Waals surface area contributed by atoms with Gasteiger partial charge in [0.15, 0.2) is 0 Å². The number of aryl methyl sites for hydroxylation is 2. The van der Waals surface area contributed by atoms with Crippen LogP contribution in [0.5, 0.6) is 5.75 Å². The van der Waals surface area contributed by atoms with Gasteiger partial charge in [0.25, 0.3) is 0 Å². The quantitative estimate of drug-likeness (QED) is 0.360. The number of aromatic nitrogens is 1. The van der Waals surface area contributed by atoms with Crippen molar-refractivity contribution in [3.8, 4) is 5.75 Å². The molecule has 0 radical (unpaired) electrons. The van der Waals surface area contributed by atoms with Gasteiger partial charge in [0.2, 0.25) is 5.56 Å². The van der Waals surface area contributed by atoms with Gasteiger partial charge in [-0.15, -0.1) is 0 Å². The first-order valence-corrected chi connectivity index (χ1v) is 8.99. The van der Waals surface area contributed by atoms with Crippen molar-refractivity contribution < 1.29 is 5.11 Å². The number of phenols is 1. The molecule has 0 aliphatic heterocycles. The van der Waals surface area contributed by atoms with Crippen LogP contribution in [0.25, 0.3) is 21.7 Å². The van der Waals surface area contributed by atoms with E-state index in [-0.39, 0.29) is 11.3 Å². The summed E-state index contributed by atoms with van der Waals surface area (Å²) in [4.78, 5) is 13.8. The average molecular weight is 401 g/mol. The van der Waals surface area contributed by atoms with E-state index in [0.717, 1.165) is 26.9 Å². The summed E-state index contributed by atoms with van der Waals surface area (Å²) in [5.41, 5.74) is 8.59. The molecule has 4 rings (SSSR count). The van der Waals surface area contributed by atoms with Crippen molar-refractivity contribution >= 4 is 50.6 Å². The smallest absolute Gasteiger partial charge is 0.250 e. The Hall–Kier alpha value is -2.69. The number of halogens is 2. The highest BCUT2D eigenvalue weighted by atomic mass is 35.5. The molecule has 0 amide bonds. The summed E-state index contributed by atoms with van der Waals surface area (Å²) in [7, 11) is 0. The van der Waals surface area contributed by atoms with E-state index >= 15 is 0 Å². The Balaban J connectivity index is 0.000000156. The number of phenolic OH excluding ortho intramolecular Hbond substituents is 1. The number of benzene rings is 3. The van der Waals surface area contributed by atoms with Crippen molar-refractivity contribution in [2.24, 2.45) is 0 Å². The molecule has 4 nitrogen and oxygen atoms in total. The zero-order valence-electron chi connectivity index (χ0n) is 14.8. The molecule has 27 heavy (non-hydrogen) atoms. The Morgan fingerprint density at radius 3 is 2.33 bits per heavy atom. The molecule has 1 aromatic heterocycles. The minimum atomic E-state index is -0.213. The maximum atomic E-state index is 11.1. The topological polar surface area (TPSA) is 79.1 Å². The second-order valence-corrected chi connectivity index (χ2v) is 7.07. The second kappa shape index (κ2) is 7.51. The summed E-state index contributed by atoms with van der Waals surface area (Å²) in [6.45, 7) is 3.86. The fraction of sp³-hybridized carbons (Fsp3) is 0.0952. The third-order valence-corrected chi connectivity index (χ3v) is 5.29. The summed E-state index contributed by atoms with van der Waals surface area (Å²) in [6, 6.07) is 14.1. The molecular formula is C21H18Cl2N2O2. The number of nitrogens with two attached hydrogens (primary N) is 1. The first kappa shape index (κ1) is 19.1. The highest BCUT2D eigenvalue weighted by Crippen LogP contribution is 2.29. The van der Waals surface area contributed by atoms with E-state index in [0.29, 0.717) is 21.6 Å². The van der Waals surface area contributed by atoms with Crippen molar-refractivity contribution in [3.63, 3.8) is 0 Å². The third-order valence-electron chi connectivity index (χ3n) is 4.30. The van der Waals surface area contributed by atoms with Gasteiger partial charge in [0.1, 0.15) is 5.75 Å². The van der Waals surface area contributed by atoms with Crippen molar-refractivity contribution in [1.82, 2.24) is 4.98 Å². The van der Waals surface area contributed by atoms with Gasteiger partial charge in [-0.05, 0) is 54.6 Å². The van der Waals surface area contributed by atoms with Crippen LogP contribution >= 0.6 is 23.2 Å². The number of rotatable bonds is 0. The molecule has 0 atom stereocenters. The predicted octanol–water partition coefficient (Wildman–Crippen LogP) is 5.58. The molecule has 0 unspecified atom stereocenters. The number of anilines is 1. The highest BCUT2D eigenvalue weighted by molar-refractivity contribution is 6.37. The van der Waals surface area contributed by atoms with E-state index in [1.165, 1.54) is 6.07 Å². The van der Waals surface area contributed by atoms with Crippen LogP contribution in [0.4, 0.5) is 5.69 Å². The lowest BCUT2D eigenvalue weighted by Crippen LogP contribution is -2.06. The molecular weight excluding hydrogens is 383 g/mol. The van der Waals surface area contributed by atoms with Gasteiger partial charge in [-0.1, -0.05) is 41.4 Å². The third kappa shape index (κ3) is 3.87. The summed E-state index contributed by atoms with van der Waals surface area (Å²) in [5.74, 6) is 0.271. The van der Waals surface area contributed by atoms with Crippen LogP contribution in [0.2, 0.25) is 10.0 Å². The zero-order valence-corrected chi connectivity index (χ0v) is 16.3. The lowest BCUT2D eigenvalue weighted by molar-refractivity contribution is 0.476. The maximum Gasteiger partial charge on any atom is 0.250 e. The lowest BCUT2D eigenvalue weighted by Gasteiger charge is -2.05. The molecule has 0 aliphatic rings. The van der Waals surface area contributed by atoms with E-state index in [9.17, 15) is 9.90 Å². The molecule has 6 heteroatoms. The molecule has 4 aromatic rings. The highest BCUT2D eigenvalue weighted by Gasteiger charge is 2.06. The Morgan fingerprint density at radius 1 is 0.926 bits per heavy atom. The van der Waals surface area contributed by atoms with Gasteiger partial charge in [0.05, 0.1) is 15.6 Å². The number of pyridine rings is 1. The molecule has 0 bridgehead atoms. The minimum absolute atomic E-state index is 0.213. The summed E-state index contributed by atoms with van der Waals surface area (Å²) >= 11 is 12.2. The zero-order chi connectivity index (χ0) is 19.7. The Bertz CT molecular complexity index is 1220. The number of nitrogen functional groups attached to an aromatic ring is 1. The standard InChI is InChI=1S/C11H9ClO.C10H9ClN2O/c1-7-2-3-8-6-9(13)4-5-10(8)11(7)12;1-5-2-3-7-9(10(5)11)6(12)4-8(14)13-7/h2-6,13H,1H3;2-4H,1H3,(H3,12,13,14). The summed E-state index contributed by atoms with van der Waals surface area (Å²) < 4.78 is 0. The predicted molar refractivity (Wildman–Crippen MR) is 114 cm³/mol. The van der Waals surface area contributed by atoms with E-state index in [1.807, 2.05) is 38.1 Å². The minimum Gasteiger partial charge on any atom is -0.508 e. The van der Waals surface area contributed by atoms with Crippen LogP contribution in [-0.2, 0) is 0 Å². The Morgan fingerprint density at radius 2 is 1.59 bits per heavy atom. The monoisotopic (exact) mass is 400 g/mol. The van der Waals surface area contributed by atoms with Crippen molar-refractivity contribution in [3.05, 3.63) is 80.1 Å². The number of nitrogens with one attached hydrogen (secondary N) is 1. The van der Waals surface area contributed by atoms with Crippen LogP contribution in [0.3, 0.4) is 0 Å². The van der Waals surface area contributed by atoms with Crippen LogP contribution in [0.1, 0.15) is 11.1 Å². The molecule has 3 aromatic carbocycles. The second-order valence-electron chi connectivity index (χ2n) is 6.31. The lowest BCUT2D eigenvalue weighted by atomic mass is 10.1. The molecule has 0 saturated heterocycles. The van der Waals surface area contributed by atoms with Crippen molar-refractivity contribution in [2.75, 3.05) is 5.73 Å². The Labute approximate surface area is 166 Å². The molecule has 0 saturated carbocycles. The van der Waals surface area contributed by atoms with Gasteiger partial charge in [-0.2, -0.15) is 0 Å². The molecule has 4 N–H and O–H groups in total. The van der Waals surface area contributed by atoms with Gasteiger partial charge < -0.3 is 15.8 Å². The van der Waals surface area contributed by atoms with Crippen molar-refractivity contribution in [1.29, 1.82) is 0 Å². The average Bonchev–Trinajstić information content (AvgIpc) is 2.61. The molecule has 0 fully saturated rings. The van der Waals surface area contributed by atoms with Gasteiger partial charge in [0, 0.05) is 22.5 Å². The SMILES string of the molecule is Cc1ccc2[nH]c(=O)cc(N)c2c1Cl.Cc1ccc2cc(O)ccc2c1Cl. The molecule has 0 spiro atoms. The fourth-order valence-electron chi connectivity index (χ4n) is 2.84. The van der Waals surface area contributed by atoms with E-state index < -0.39 is 0 Å². The molecule has 0 aliphatic carbocycles. The summed E-state index contributed by atoms with van der Waals surface area (Å²) in [5, 5.41) is 13.3. The van der Waals surface area contributed by atoms with Crippen LogP contribution < -0.4 is 11.3 Å². The number of hydrogen-bond acceptors (Lipinski definition) is 3. The number of hydrogen-bond donors (Lipinski definition) is 3. The number of aromatic amines is 1. The normalized spacial score (nSPS) is 10.7. The first-order valence-electron chi connectivity index (χ1n) is 8.23. The van der Waals surface area contributed by atoms with Crippen LogP contribution in [0.15, 0.2) is 53.3 Å². The molecule has 138 valence electrons. The van der Waals surface area contributed by atoms with E-state index in [4.69, 9.17) is 28.9 Å².